The monoisotopic (exact) mass is 759 g/mol. The van der Waals surface area contributed by atoms with Crippen LogP contribution in [0.5, 0.6) is 0 Å². The Bertz CT molecular complexity index is 1080. The Hall–Kier alpha value is -1.38. The Kier molecular flexibility index (Phi) is 19.2. The second kappa shape index (κ2) is 19.9. The maximum absolute atomic E-state index is 4.67. The molecule has 2 aromatic carbocycles. The summed E-state index contributed by atoms with van der Waals surface area (Å²) in [5, 5.41) is 7.89. The molecule has 0 bridgehead atoms. The zero-order valence-corrected chi connectivity index (χ0v) is 32.1. The van der Waals surface area contributed by atoms with Crippen molar-refractivity contribution in [2.45, 2.75) is 112 Å². The summed E-state index contributed by atoms with van der Waals surface area (Å²) in [6.45, 7) is 25.6. The van der Waals surface area contributed by atoms with Gasteiger partial charge in [0.05, 0.1) is 5.69 Å². The van der Waals surface area contributed by atoms with Crippen molar-refractivity contribution in [1.29, 1.82) is 0 Å². The van der Waals surface area contributed by atoms with Crippen molar-refractivity contribution >= 4 is 11.4 Å². The van der Waals surface area contributed by atoms with Gasteiger partial charge in [-0.3, -0.25) is 9.88 Å². The summed E-state index contributed by atoms with van der Waals surface area (Å²) in [6.07, 6.45) is 1.90. The van der Waals surface area contributed by atoms with E-state index in [9.17, 15) is 0 Å². The van der Waals surface area contributed by atoms with Crippen molar-refractivity contribution < 1.29 is 50.7 Å². The summed E-state index contributed by atoms with van der Waals surface area (Å²) in [7, 11) is 0. The first-order chi connectivity index (χ1) is 19.0. The summed E-state index contributed by atoms with van der Waals surface area (Å²) in [5.74, 6) is 1.88. The zero-order valence-electron chi connectivity index (χ0n) is 27.8. The number of para-hydroxylation sites is 2. The SMILES string of the molecule is CC(CN(Cc1ccccn1)CC(C)Nc1c(C(C)C)cccc1C(C)C)Nc1c(C(C)C)cccc1C(C)C.[Br-].[Br-].[Co+2]. The van der Waals surface area contributed by atoms with Crippen LogP contribution >= 0.6 is 0 Å². The molecule has 1 heterocycles. The number of anilines is 2. The maximum atomic E-state index is 4.67. The maximum Gasteiger partial charge on any atom is 2.00 e. The van der Waals surface area contributed by atoms with E-state index in [-0.39, 0.29) is 62.8 Å². The Labute approximate surface area is 294 Å². The molecule has 2 unspecified atom stereocenters. The molecule has 1 aromatic heterocycles. The van der Waals surface area contributed by atoms with E-state index in [4.69, 9.17) is 0 Å². The third-order valence-electron chi connectivity index (χ3n) is 7.70. The molecule has 43 heavy (non-hydrogen) atoms. The van der Waals surface area contributed by atoms with Crippen molar-refractivity contribution in [2.75, 3.05) is 23.7 Å². The van der Waals surface area contributed by atoms with E-state index in [0.29, 0.717) is 23.7 Å². The number of benzene rings is 2. The number of rotatable bonds is 14. The van der Waals surface area contributed by atoms with Gasteiger partial charge in [0, 0.05) is 49.3 Å². The summed E-state index contributed by atoms with van der Waals surface area (Å²) >= 11 is 0. The van der Waals surface area contributed by atoms with Crippen LogP contribution in [-0.2, 0) is 23.3 Å². The van der Waals surface area contributed by atoms with Crippen LogP contribution in [0, 0.1) is 0 Å². The standard InChI is InChI=1S/C36H54N4.2BrH.Co/c1-24(2)31-16-13-17-32(25(3)4)35(31)38-28(9)21-40(23-30-15-11-12-20-37-30)22-29(10)39-36-33(26(5)6)18-14-19-34(36)27(7)8;;;/h11-20,24-29,38-39H,21-23H2,1-10H3;2*1H;/q;;;+2/p-2. The van der Waals surface area contributed by atoms with Gasteiger partial charge in [0.15, 0.2) is 0 Å². The number of pyridine rings is 1. The molecule has 3 rings (SSSR count). The zero-order chi connectivity index (χ0) is 29.4. The van der Waals surface area contributed by atoms with E-state index in [0.717, 1.165) is 25.3 Å². The molecule has 4 nitrogen and oxygen atoms in total. The van der Waals surface area contributed by atoms with Crippen molar-refractivity contribution in [3.8, 4) is 0 Å². The molecule has 0 spiro atoms. The molecule has 0 saturated heterocycles. The van der Waals surface area contributed by atoms with Crippen LogP contribution in [0.3, 0.4) is 0 Å². The number of halogens is 2. The molecule has 0 amide bonds. The molecule has 241 valence electrons. The molecular weight excluding hydrogens is 707 g/mol. The summed E-state index contributed by atoms with van der Waals surface area (Å²) in [6, 6.07) is 20.3. The van der Waals surface area contributed by atoms with Gasteiger partial charge in [-0.15, -0.1) is 0 Å². The largest absolute Gasteiger partial charge is 2.00 e. The van der Waals surface area contributed by atoms with Crippen molar-refractivity contribution in [1.82, 2.24) is 9.88 Å². The van der Waals surface area contributed by atoms with E-state index < -0.39 is 0 Å². The fraction of sp³-hybridized carbons (Fsp3) is 0.528. The molecule has 0 fully saturated rings. The van der Waals surface area contributed by atoms with Crippen molar-refractivity contribution in [3.63, 3.8) is 0 Å². The predicted molar refractivity (Wildman–Crippen MR) is 175 cm³/mol. The molecule has 0 aliphatic rings. The third kappa shape index (κ3) is 12.1. The molecule has 0 aliphatic heterocycles. The van der Waals surface area contributed by atoms with E-state index in [2.05, 4.69) is 138 Å². The summed E-state index contributed by atoms with van der Waals surface area (Å²) in [5.41, 5.74) is 9.34. The van der Waals surface area contributed by atoms with Gasteiger partial charge in [-0.2, -0.15) is 0 Å². The minimum atomic E-state index is 0. The van der Waals surface area contributed by atoms with Crippen LogP contribution in [0.2, 0.25) is 0 Å². The van der Waals surface area contributed by atoms with Gasteiger partial charge >= 0.3 is 16.8 Å². The molecule has 1 radical (unpaired) electrons. The van der Waals surface area contributed by atoms with Crippen LogP contribution in [0.4, 0.5) is 11.4 Å². The minimum absolute atomic E-state index is 0. The van der Waals surface area contributed by atoms with E-state index in [1.807, 2.05) is 12.3 Å². The first-order valence-electron chi connectivity index (χ1n) is 15.4. The van der Waals surface area contributed by atoms with Gasteiger partial charge in [0.1, 0.15) is 0 Å². The normalized spacial score (nSPS) is 12.5. The van der Waals surface area contributed by atoms with E-state index in [1.165, 1.54) is 33.6 Å². The van der Waals surface area contributed by atoms with Crippen LogP contribution in [-0.4, -0.2) is 35.1 Å². The number of hydrogen-bond acceptors (Lipinski definition) is 4. The topological polar surface area (TPSA) is 40.2 Å². The first-order valence-corrected chi connectivity index (χ1v) is 15.4. The van der Waals surface area contributed by atoms with Crippen molar-refractivity contribution in [2.24, 2.45) is 0 Å². The number of nitrogens with one attached hydrogen (secondary N) is 2. The quantitative estimate of drug-likeness (QED) is 0.265. The third-order valence-corrected chi connectivity index (χ3v) is 7.70. The van der Waals surface area contributed by atoms with Gasteiger partial charge < -0.3 is 44.6 Å². The Morgan fingerprint density at radius 1 is 0.558 bits per heavy atom. The predicted octanol–water partition coefficient (Wildman–Crippen LogP) is 3.38. The average molecular weight is 762 g/mol. The first kappa shape index (κ1) is 41.6. The molecule has 7 heteroatoms. The van der Waals surface area contributed by atoms with Gasteiger partial charge in [0.25, 0.3) is 0 Å². The van der Waals surface area contributed by atoms with Gasteiger partial charge in [-0.1, -0.05) is 97.9 Å². The smallest absolute Gasteiger partial charge is 1.00 e. The Morgan fingerprint density at radius 3 is 1.23 bits per heavy atom. The summed E-state index contributed by atoms with van der Waals surface area (Å²) < 4.78 is 0. The second-order valence-electron chi connectivity index (χ2n) is 12.8. The molecular formula is C36H54Br2CoN4. The van der Waals surface area contributed by atoms with Crippen LogP contribution in [0.15, 0.2) is 60.8 Å². The molecule has 2 atom stereocenters. The van der Waals surface area contributed by atoms with Crippen LogP contribution < -0.4 is 44.6 Å². The average Bonchev–Trinajstić information content (AvgIpc) is 2.88. The summed E-state index contributed by atoms with van der Waals surface area (Å²) in [4.78, 5) is 7.22. The van der Waals surface area contributed by atoms with Crippen LogP contribution in [0.1, 0.15) is 121 Å². The van der Waals surface area contributed by atoms with Gasteiger partial charge in [0.2, 0.25) is 0 Å². The molecule has 0 aliphatic carbocycles. The Balaban J connectivity index is 0.00000588. The van der Waals surface area contributed by atoms with Gasteiger partial charge in [-0.05, 0) is 71.9 Å². The Morgan fingerprint density at radius 2 is 0.930 bits per heavy atom. The van der Waals surface area contributed by atoms with E-state index >= 15 is 0 Å². The molecule has 3 aromatic rings. The number of nitrogens with zero attached hydrogens (tertiary/aromatic N) is 2. The second-order valence-corrected chi connectivity index (χ2v) is 12.8. The number of aromatic nitrogens is 1. The van der Waals surface area contributed by atoms with Crippen LogP contribution in [0.25, 0.3) is 0 Å². The molecule has 0 saturated carbocycles. The minimum Gasteiger partial charge on any atom is -1.00 e. The van der Waals surface area contributed by atoms with Crippen molar-refractivity contribution in [3.05, 3.63) is 88.7 Å². The molecule has 2 N–H and O–H groups in total. The van der Waals surface area contributed by atoms with E-state index in [1.54, 1.807) is 0 Å². The van der Waals surface area contributed by atoms with Gasteiger partial charge in [-0.25, -0.2) is 0 Å². The fourth-order valence-corrected chi connectivity index (χ4v) is 5.72. The number of hydrogen-bond donors (Lipinski definition) is 2. The fourth-order valence-electron chi connectivity index (χ4n) is 5.72.